The Bertz CT molecular complexity index is 892. The number of unbranched alkanes of at least 4 members (excludes halogenated alkanes) is 1. The number of benzene rings is 1. The van der Waals surface area contributed by atoms with Gasteiger partial charge in [0.1, 0.15) is 18.1 Å². The van der Waals surface area contributed by atoms with Crippen LogP contribution in [-0.2, 0) is 16.0 Å². The van der Waals surface area contributed by atoms with E-state index in [1.165, 1.54) is 12.5 Å². The highest BCUT2D eigenvalue weighted by Crippen LogP contribution is 2.28. The van der Waals surface area contributed by atoms with E-state index in [0.29, 0.717) is 18.3 Å². The van der Waals surface area contributed by atoms with Crippen LogP contribution in [0.3, 0.4) is 0 Å². The molecule has 33 heavy (non-hydrogen) atoms. The molecule has 4 atom stereocenters. The number of allylic oxidation sites excluding steroid dienone is 6. The fourth-order valence-electron chi connectivity index (χ4n) is 3.35. The monoisotopic (exact) mass is 456 g/mol. The minimum atomic E-state index is -1.43. The zero-order valence-electron chi connectivity index (χ0n) is 19.9. The number of carbonyl (C=O) groups is 3. The number of Topliss-reactive ketones (excluding diaryl/α,β-unsaturated/α-hetero) is 2. The van der Waals surface area contributed by atoms with Crippen molar-refractivity contribution >= 4 is 17.9 Å². The summed E-state index contributed by atoms with van der Waals surface area (Å²) in [6, 6.07) is 4.96. The molecule has 1 aromatic carbocycles. The fourth-order valence-corrected chi connectivity index (χ4v) is 3.35. The lowest BCUT2D eigenvalue weighted by Gasteiger charge is -2.31. The van der Waals surface area contributed by atoms with E-state index in [9.17, 15) is 29.7 Å². The van der Waals surface area contributed by atoms with Gasteiger partial charge in [0, 0.05) is 5.56 Å². The number of aldehydes is 1. The largest absolute Gasteiger partial charge is 0.508 e. The van der Waals surface area contributed by atoms with Gasteiger partial charge in [-0.15, -0.1) is 0 Å². The molecule has 0 bridgehead atoms. The Morgan fingerprint density at radius 1 is 1.15 bits per heavy atom. The van der Waals surface area contributed by atoms with Crippen molar-refractivity contribution in [2.75, 3.05) is 0 Å². The molecule has 180 valence electrons. The third-order valence-corrected chi connectivity index (χ3v) is 5.38. The van der Waals surface area contributed by atoms with E-state index in [0.717, 1.165) is 18.4 Å². The summed E-state index contributed by atoms with van der Waals surface area (Å²) in [4.78, 5) is 33.7. The molecule has 3 N–H and O–H groups in total. The highest BCUT2D eigenvalue weighted by atomic mass is 16.3. The van der Waals surface area contributed by atoms with E-state index < -0.39 is 23.9 Å². The first-order valence-electron chi connectivity index (χ1n) is 11.3. The van der Waals surface area contributed by atoms with Gasteiger partial charge in [-0.1, -0.05) is 49.3 Å². The second-order valence-electron chi connectivity index (χ2n) is 8.46. The minimum absolute atomic E-state index is 0.0217. The zero-order valence-corrected chi connectivity index (χ0v) is 19.9. The Hall–Kier alpha value is -2.83. The summed E-state index contributed by atoms with van der Waals surface area (Å²) in [5.74, 6) is -1.50. The van der Waals surface area contributed by atoms with Gasteiger partial charge in [0.25, 0.3) is 0 Å². The Morgan fingerprint density at radius 2 is 1.85 bits per heavy atom. The van der Waals surface area contributed by atoms with Crippen LogP contribution in [0.15, 0.2) is 54.2 Å². The Morgan fingerprint density at radius 3 is 2.42 bits per heavy atom. The van der Waals surface area contributed by atoms with E-state index in [-0.39, 0.29) is 23.9 Å². The topological polar surface area (TPSA) is 112 Å². The number of aliphatic hydroxyl groups excluding tert-OH is 2. The summed E-state index contributed by atoms with van der Waals surface area (Å²) in [6.07, 6.45) is 10.4. The Kier molecular flexibility index (Phi) is 12.3. The maximum absolute atomic E-state index is 11.6. The van der Waals surface area contributed by atoms with Crippen molar-refractivity contribution in [1.82, 2.24) is 0 Å². The van der Waals surface area contributed by atoms with Gasteiger partial charge in [-0.25, -0.2) is 0 Å². The van der Waals surface area contributed by atoms with Gasteiger partial charge >= 0.3 is 0 Å². The van der Waals surface area contributed by atoms with Crippen molar-refractivity contribution in [2.24, 2.45) is 11.8 Å². The van der Waals surface area contributed by atoms with E-state index in [1.807, 2.05) is 32.1 Å². The van der Waals surface area contributed by atoms with Crippen LogP contribution < -0.4 is 0 Å². The number of ketones is 2. The lowest BCUT2D eigenvalue weighted by atomic mass is 9.76. The smallest absolute Gasteiger partial charge is 0.174 e. The number of phenols is 1. The second-order valence-corrected chi connectivity index (χ2v) is 8.46. The molecule has 0 aromatic heterocycles. The number of hydrogen-bond acceptors (Lipinski definition) is 6. The van der Waals surface area contributed by atoms with Crippen LogP contribution in [0.5, 0.6) is 5.75 Å². The van der Waals surface area contributed by atoms with Gasteiger partial charge in [0.05, 0.1) is 12.0 Å². The molecule has 0 radical (unpaired) electrons. The van der Waals surface area contributed by atoms with Crippen LogP contribution >= 0.6 is 0 Å². The van der Waals surface area contributed by atoms with Gasteiger partial charge in [-0.05, 0) is 69.7 Å². The molecule has 4 unspecified atom stereocenters. The number of rotatable bonds is 8. The van der Waals surface area contributed by atoms with Crippen LogP contribution in [0, 0.1) is 11.8 Å². The molecule has 1 aliphatic rings. The average Bonchev–Trinajstić information content (AvgIpc) is 2.77. The zero-order chi connectivity index (χ0) is 25.0. The van der Waals surface area contributed by atoms with Crippen LogP contribution in [0.2, 0.25) is 0 Å². The van der Waals surface area contributed by atoms with Gasteiger partial charge in [-0.3, -0.25) is 9.59 Å². The van der Waals surface area contributed by atoms with Gasteiger partial charge < -0.3 is 20.1 Å². The first-order valence-corrected chi connectivity index (χ1v) is 11.3. The van der Waals surface area contributed by atoms with E-state index >= 15 is 0 Å². The van der Waals surface area contributed by atoms with Crippen LogP contribution in [-0.4, -0.2) is 45.4 Å². The summed E-state index contributed by atoms with van der Waals surface area (Å²) < 4.78 is 0. The Labute approximate surface area is 196 Å². The highest BCUT2D eigenvalue weighted by Gasteiger charge is 2.41. The average molecular weight is 457 g/mol. The molecule has 1 fully saturated rings. The van der Waals surface area contributed by atoms with Crippen LogP contribution in [0.4, 0.5) is 0 Å². The number of aromatic hydroxyl groups is 1. The Balaban J connectivity index is 0.000000335. The third-order valence-electron chi connectivity index (χ3n) is 5.38. The summed E-state index contributed by atoms with van der Waals surface area (Å²) in [6.45, 7) is 7.61. The lowest BCUT2D eigenvalue weighted by molar-refractivity contribution is -0.146. The van der Waals surface area contributed by atoms with Gasteiger partial charge in [0.15, 0.2) is 11.6 Å². The molecule has 0 amide bonds. The van der Waals surface area contributed by atoms with Crippen LogP contribution in [0.25, 0.3) is 0 Å². The van der Waals surface area contributed by atoms with Crippen molar-refractivity contribution < 1.29 is 29.7 Å². The van der Waals surface area contributed by atoms with Crippen molar-refractivity contribution in [1.29, 1.82) is 0 Å². The quantitative estimate of drug-likeness (QED) is 0.178. The molecule has 0 spiro atoms. The van der Waals surface area contributed by atoms with E-state index in [4.69, 9.17) is 0 Å². The number of phenolic OH excluding ortho intramolecular Hbond substituents is 1. The molecule has 0 aliphatic heterocycles. The lowest BCUT2D eigenvalue weighted by Crippen LogP contribution is -2.47. The molecular weight excluding hydrogens is 420 g/mol. The summed E-state index contributed by atoms with van der Waals surface area (Å²) >= 11 is 0. The summed E-state index contributed by atoms with van der Waals surface area (Å²) in [7, 11) is 0. The highest BCUT2D eigenvalue weighted by molar-refractivity contribution is 5.97. The minimum Gasteiger partial charge on any atom is -0.508 e. The molecule has 1 saturated carbocycles. The predicted octanol–water partition coefficient (Wildman–Crippen LogP) is 4.13. The van der Waals surface area contributed by atoms with Crippen molar-refractivity contribution in [3.05, 3.63) is 65.3 Å². The predicted molar refractivity (Wildman–Crippen MR) is 129 cm³/mol. The first kappa shape index (κ1) is 28.2. The molecule has 0 heterocycles. The molecule has 6 heteroatoms. The van der Waals surface area contributed by atoms with E-state index in [2.05, 4.69) is 6.92 Å². The second kappa shape index (κ2) is 14.3. The number of aliphatic hydroxyl groups is 2. The summed E-state index contributed by atoms with van der Waals surface area (Å²) in [5.41, 5.74) is 2.64. The fraction of sp³-hybridized carbons (Fsp3) is 0.444. The van der Waals surface area contributed by atoms with Gasteiger partial charge in [0.2, 0.25) is 0 Å². The number of carbonyl (C=O) groups excluding carboxylic acids is 3. The molecule has 0 saturated heterocycles. The number of hydrogen-bond donors (Lipinski definition) is 3. The van der Waals surface area contributed by atoms with E-state index in [1.54, 1.807) is 30.4 Å². The van der Waals surface area contributed by atoms with Crippen molar-refractivity contribution in [3.8, 4) is 5.75 Å². The normalized spacial score (nSPS) is 22.7. The SMILES string of the molecule is CC(=O)c1ccc(O)c(CC=C(C)C)c1.CCCC=CC=CC1CC(O)C(O)C(=O)C1C=O. The molecule has 2 rings (SSSR count). The van der Waals surface area contributed by atoms with Gasteiger partial charge in [-0.2, -0.15) is 0 Å². The summed E-state index contributed by atoms with van der Waals surface area (Å²) in [5, 5.41) is 28.5. The maximum Gasteiger partial charge on any atom is 0.174 e. The first-order chi connectivity index (χ1) is 15.6. The van der Waals surface area contributed by atoms with Crippen molar-refractivity contribution in [2.45, 2.75) is 65.6 Å². The van der Waals surface area contributed by atoms with Crippen molar-refractivity contribution in [3.63, 3.8) is 0 Å². The van der Waals surface area contributed by atoms with Crippen LogP contribution in [0.1, 0.15) is 62.9 Å². The maximum atomic E-state index is 11.6. The molecule has 1 aromatic rings. The molecular formula is C27H36O6. The molecule has 6 nitrogen and oxygen atoms in total. The standard InChI is InChI=1S/C14H20O4.C13H16O2/c1-2-3-4-5-6-7-10-8-12(16)14(18)13(17)11(10)9-15;1-9(2)4-5-12-8-11(10(3)14)6-7-13(12)15/h4-7,9-12,14,16,18H,2-3,8H2,1H3;4,6-8,15H,5H2,1-3H3. The third kappa shape index (κ3) is 9.28. The molecule has 1 aliphatic carbocycles.